The highest BCUT2D eigenvalue weighted by molar-refractivity contribution is 9.10. The highest BCUT2D eigenvalue weighted by Crippen LogP contribution is 2.53. The molecule has 3 atom stereocenters. The highest BCUT2D eigenvalue weighted by atomic mass is 79.9. The van der Waals surface area contributed by atoms with Crippen molar-refractivity contribution < 1.29 is 22.7 Å². The molecule has 0 N–H and O–H groups in total. The Hall–Kier alpha value is -1.24. The van der Waals surface area contributed by atoms with Crippen LogP contribution in [0.3, 0.4) is 0 Å². The lowest BCUT2D eigenvalue weighted by molar-refractivity contribution is -0.143. The van der Waals surface area contributed by atoms with Gasteiger partial charge in [0.15, 0.2) is 0 Å². The van der Waals surface area contributed by atoms with Gasteiger partial charge in [-0.2, -0.15) is 13.2 Å². The Morgan fingerprint density at radius 3 is 2.48 bits per heavy atom. The van der Waals surface area contributed by atoms with Crippen molar-refractivity contribution in [1.82, 2.24) is 0 Å². The Labute approximate surface area is 128 Å². The van der Waals surface area contributed by atoms with E-state index < -0.39 is 11.7 Å². The Kier molecular flexibility index (Phi) is 3.43. The smallest absolute Gasteiger partial charge is 0.416 e. The molecule has 1 aliphatic heterocycles. The molecule has 1 aliphatic carbocycles. The zero-order valence-corrected chi connectivity index (χ0v) is 12.7. The number of carbonyl (C=O) groups excluding carboxylic acids is 1. The van der Waals surface area contributed by atoms with Crippen molar-refractivity contribution in [2.75, 3.05) is 25.1 Å². The SMILES string of the molecule is COC(=O)[C@H]1[C@@H]2CN(c3cc(C(F)(F)F)ccc3Br)C[C@@H]21. The topological polar surface area (TPSA) is 29.5 Å². The van der Waals surface area contributed by atoms with E-state index in [0.717, 1.165) is 12.1 Å². The Morgan fingerprint density at radius 2 is 1.95 bits per heavy atom. The molecule has 1 aromatic carbocycles. The number of hydrogen-bond acceptors (Lipinski definition) is 3. The summed E-state index contributed by atoms with van der Waals surface area (Å²) in [6.45, 7) is 1.18. The molecule has 7 heteroatoms. The van der Waals surface area contributed by atoms with Crippen molar-refractivity contribution in [1.29, 1.82) is 0 Å². The van der Waals surface area contributed by atoms with E-state index in [4.69, 9.17) is 4.74 Å². The average molecular weight is 364 g/mol. The van der Waals surface area contributed by atoms with Gasteiger partial charge >= 0.3 is 12.1 Å². The van der Waals surface area contributed by atoms with E-state index in [0.29, 0.717) is 23.2 Å². The normalized spacial score (nSPS) is 27.5. The molecule has 0 radical (unpaired) electrons. The maximum atomic E-state index is 12.8. The molecule has 0 aromatic heterocycles. The number of nitrogens with zero attached hydrogens (tertiary/aromatic N) is 1. The first-order valence-corrected chi connectivity index (χ1v) is 7.31. The number of methoxy groups -OCH3 is 1. The monoisotopic (exact) mass is 363 g/mol. The Balaban J connectivity index is 1.77. The van der Waals surface area contributed by atoms with E-state index in [1.54, 1.807) is 0 Å². The number of piperidine rings is 1. The van der Waals surface area contributed by atoms with Crippen LogP contribution in [0.15, 0.2) is 22.7 Å². The minimum atomic E-state index is -4.35. The van der Waals surface area contributed by atoms with Crippen molar-refractivity contribution in [3.63, 3.8) is 0 Å². The zero-order valence-electron chi connectivity index (χ0n) is 11.2. The van der Waals surface area contributed by atoms with Crippen molar-refractivity contribution in [2.45, 2.75) is 6.18 Å². The number of alkyl halides is 3. The summed E-state index contributed by atoms with van der Waals surface area (Å²) in [6.07, 6.45) is -4.35. The average Bonchev–Trinajstić information content (AvgIpc) is 2.91. The van der Waals surface area contributed by atoms with Gasteiger partial charge in [-0.3, -0.25) is 4.79 Å². The lowest BCUT2D eigenvalue weighted by Crippen LogP contribution is -2.27. The first-order valence-electron chi connectivity index (χ1n) is 6.52. The Morgan fingerprint density at radius 1 is 1.33 bits per heavy atom. The summed E-state index contributed by atoms with van der Waals surface area (Å²) in [4.78, 5) is 13.4. The van der Waals surface area contributed by atoms with E-state index in [1.807, 2.05) is 4.90 Å². The number of esters is 1. The molecule has 1 saturated heterocycles. The third-order valence-corrected chi connectivity index (χ3v) is 4.95. The van der Waals surface area contributed by atoms with Gasteiger partial charge in [0.05, 0.1) is 24.3 Å². The molecule has 2 fully saturated rings. The summed E-state index contributed by atoms with van der Waals surface area (Å²) in [7, 11) is 1.36. The third-order valence-electron chi connectivity index (χ3n) is 4.28. The molecule has 21 heavy (non-hydrogen) atoms. The molecule has 1 aromatic rings. The van der Waals surface area contributed by atoms with Crippen LogP contribution in [0, 0.1) is 17.8 Å². The summed E-state index contributed by atoms with van der Waals surface area (Å²) in [5.74, 6) is 0.0846. The lowest BCUT2D eigenvalue weighted by Gasteiger charge is -2.24. The molecule has 3 nitrogen and oxygen atoms in total. The predicted molar refractivity (Wildman–Crippen MR) is 73.8 cm³/mol. The minimum Gasteiger partial charge on any atom is -0.469 e. The molecular weight excluding hydrogens is 351 g/mol. The molecule has 0 unspecified atom stereocenters. The molecule has 2 aliphatic rings. The molecule has 1 saturated carbocycles. The minimum absolute atomic E-state index is 0.0872. The number of carbonyl (C=O) groups is 1. The van der Waals surface area contributed by atoms with E-state index in [2.05, 4.69) is 15.9 Å². The number of fused-ring (bicyclic) bond motifs is 1. The zero-order chi connectivity index (χ0) is 15.4. The van der Waals surface area contributed by atoms with Crippen LogP contribution in [0.4, 0.5) is 18.9 Å². The molecular formula is C14H13BrF3NO2. The van der Waals surface area contributed by atoms with Gasteiger partial charge in [0, 0.05) is 17.6 Å². The fourth-order valence-corrected chi connectivity index (χ4v) is 3.64. The summed E-state index contributed by atoms with van der Waals surface area (Å²) in [5, 5.41) is 0. The number of ether oxygens (including phenoxy) is 1. The summed E-state index contributed by atoms with van der Waals surface area (Å²) >= 11 is 3.30. The number of halogens is 4. The molecule has 0 spiro atoms. The van der Waals surface area contributed by atoms with Crippen molar-refractivity contribution >= 4 is 27.6 Å². The fraction of sp³-hybridized carbons (Fsp3) is 0.500. The molecule has 1 heterocycles. The molecule has 0 bridgehead atoms. The van der Waals surface area contributed by atoms with Gasteiger partial charge in [0.25, 0.3) is 0 Å². The maximum absolute atomic E-state index is 12.8. The van der Waals surface area contributed by atoms with Crippen LogP contribution >= 0.6 is 15.9 Å². The summed E-state index contributed by atoms with van der Waals surface area (Å²) in [5.41, 5.74) is -0.133. The second kappa shape index (κ2) is 4.90. The first-order chi connectivity index (χ1) is 9.82. The van der Waals surface area contributed by atoms with E-state index in [9.17, 15) is 18.0 Å². The van der Waals surface area contributed by atoms with Gasteiger partial charge in [-0.05, 0) is 46.0 Å². The van der Waals surface area contributed by atoms with E-state index in [1.165, 1.54) is 13.2 Å². The van der Waals surface area contributed by atoms with E-state index >= 15 is 0 Å². The number of benzene rings is 1. The lowest BCUT2D eigenvalue weighted by atomic mass is 10.1. The highest BCUT2D eigenvalue weighted by Gasteiger charge is 2.60. The molecule has 0 amide bonds. The van der Waals surface area contributed by atoms with Crippen molar-refractivity contribution in [2.24, 2.45) is 17.8 Å². The standard InChI is InChI=1S/C14H13BrF3NO2/c1-21-13(20)12-8-5-19(6-9(8)12)11-4-7(14(16,17)18)2-3-10(11)15/h2-4,8-9,12H,5-6H2,1H3/t8-,9+,12+. The molecule has 3 rings (SSSR count). The van der Waals surface area contributed by atoms with Gasteiger partial charge in [0.1, 0.15) is 0 Å². The van der Waals surface area contributed by atoms with Crippen molar-refractivity contribution in [3.8, 4) is 0 Å². The largest absolute Gasteiger partial charge is 0.469 e. The van der Waals surface area contributed by atoms with Crippen LogP contribution in [-0.2, 0) is 15.7 Å². The van der Waals surface area contributed by atoms with Gasteiger partial charge in [-0.15, -0.1) is 0 Å². The first kappa shape index (κ1) is 14.7. The predicted octanol–water partition coefficient (Wildman–Crippen LogP) is 3.32. The summed E-state index contributed by atoms with van der Waals surface area (Å²) < 4.78 is 43.7. The van der Waals surface area contributed by atoms with Gasteiger partial charge in [0.2, 0.25) is 0 Å². The quantitative estimate of drug-likeness (QED) is 0.755. The second-order valence-corrected chi connectivity index (χ2v) is 6.30. The van der Waals surface area contributed by atoms with Crippen molar-refractivity contribution in [3.05, 3.63) is 28.2 Å². The maximum Gasteiger partial charge on any atom is 0.416 e. The van der Waals surface area contributed by atoms with Crippen LogP contribution < -0.4 is 4.90 Å². The van der Waals surface area contributed by atoms with Crippen LogP contribution in [0.25, 0.3) is 0 Å². The van der Waals surface area contributed by atoms with Gasteiger partial charge < -0.3 is 9.64 Å². The third kappa shape index (κ3) is 2.52. The molecule has 114 valence electrons. The number of anilines is 1. The van der Waals surface area contributed by atoms with Crippen LogP contribution in [0.2, 0.25) is 0 Å². The summed E-state index contributed by atoms with van der Waals surface area (Å²) in [6, 6.07) is 3.63. The van der Waals surface area contributed by atoms with E-state index in [-0.39, 0.29) is 23.7 Å². The second-order valence-electron chi connectivity index (χ2n) is 5.45. The fourth-order valence-electron chi connectivity index (χ4n) is 3.14. The van der Waals surface area contributed by atoms with Crippen LogP contribution in [-0.4, -0.2) is 26.2 Å². The number of rotatable bonds is 2. The Bertz CT molecular complexity index is 578. The van der Waals surface area contributed by atoms with Crippen LogP contribution in [0.1, 0.15) is 5.56 Å². The number of hydrogen-bond donors (Lipinski definition) is 0. The van der Waals surface area contributed by atoms with Crippen LogP contribution in [0.5, 0.6) is 0 Å². The van der Waals surface area contributed by atoms with Gasteiger partial charge in [-0.1, -0.05) is 0 Å². The van der Waals surface area contributed by atoms with Gasteiger partial charge in [-0.25, -0.2) is 0 Å².